The van der Waals surface area contributed by atoms with Gasteiger partial charge in [-0.15, -0.1) is 0 Å². The molecule has 2 aliphatic heterocycles. The van der Waals surface area contributed by atoms with E-state index in [1.165, 1.54) is 4.90 Å². The van der Waals surface area contributed by atoms with E-state index in [1.807, 2.05) is 0 Å². The summed E-state index contributed by atoms with van der Waals surface area (Å²) in [7, 11) is 0. The van der Waals surface area contributed by atoms with Crippen LogP contribution in [0.2, 0.25) is 0 Å². The molecule has 2 heterocycles. The van der Waals surface area contributed by atoms with E-state index in [2.05, 4.69) is 5.32 Å². The molecule has 0 aromatic heterocycles. The van der Waals surface area contributed by atoms with Crippen LogP contribution in [0.15, 0.2) is 0 Å². The lowest BCUT2D eigenvalue weighted by Gasteiger charge is -2.40. The largest absolute Gasteiger partial charge is 0.388 e. The minimum atomic E-state index is -1.59. The predicted molar refractivity (Wildman–Crippen MR) is 44.6 cm³/mol. The summed E-state index contributed by atoms with van der Waals surface area (Å²) in [6.07, 6.45) is -4.89. The molecule has 7 nitrogen and oxygen atoms in total. The van der Waals surface area contributed by atoms with Crippen molar-refractivity contribution in [2.45, 2.75) is 30.6 Å². The number of piperidine rings is 1. The summed E-state index contributed by atoms with van der Waals surface area (Å²) >= 11 is 0. The van der Waals surface area contributed by atoms with Gasteiger partial charge in [-0.05, 0) is 0 Å². The van der Waals surface area contributed by atoms with Gasteiger partial charge in [0.1, 0.15) is 18.5 Å². The lowest BCUT2D eigenvalue weighted by Crippen LogP contribution is -2.65. The van der Waals surface area contributed by atoms with E-state index >= 15 is 0 Å². The Morgan fingerprint density at radius 3 is 2.64 bits per heavy atom. The summed E-state index contributed by atoms with van der Waals surface area (Å²) in [5, 5.41) is 30.9. The normalized spacial score (nSPS) is 48.1. The molecular formula is C7H13N3O4. The molecule has 0 saturated carbocycles. The van der Waals surface area contributed by atoms with Crippen LogP contribution in [0.25, 0.3) is 0 Å². The van der Waals surface area contributed by atoms with E-state index in [0.29, 0.717) is 6.54 Å². The maximum Gasteiger partial charge on any atom is 0.256 e. The number of nitrogens with two attached hydrogens (primary N) is 1. The van der Waals surface area contributed by atoms with Gasteiger partial charge in [0.2, 0.25) is 0 Å². The van der Waals surface area contributed by atoms with E-state index in [-0.39, 0.29) is 0 Å². The number of nitrogens with one attached hydrogen (secondary N) is 1. The van der Waals surface area contributed by atoms with Crippen molar-refractivity contribution < 1.29 is 20.1 Å². The van der Waals surface area contributed by atoms with Crippen LogP contribution >= 0.6 is 0 Å². The molecule has 7 heteroatoms. The molecule has 6 N–H and O–H groups in total. The zero-order chi connectivity index (χ0) is 10.5. The topological polar surface area (TPSA) is 119 Å². The number of hydrogen-bond acceptors (Lipinski definition) is 6. The Bertz CT molecular complexity index is 261. The van der Waals surface area contributed by atoms with Gasteiger partial charge in [0.05, 0.1) is 6.04 Å². The average molecular weight is 203 g/mol. The molecule has 0 aromatic carbocycles. The summed E-state index contributed by atoms with van der Waals surface area (Å²) < 4.78 is 0. The van der Waals surface area contributed by atoms with Crippen molar-refractivity contribution in [1.29, 1.82) is 0 Å². The highest BCUT2D eigenvalue weighted by molar-refractivity contribution is 5.83. The van der Waals surface area contributed by atoms with Crippen LogP contribution in [-0.4, -0.2) is 63.3 Å². The number of fused-ring (bicyclic) bond motifs is 1. The minimum absolute atomic E-state index is 0.317. The van der Waals surface area contributed by atoms with Gasteiger partial charge in [-0.2, -0.15) is 0 Å². The molecule has 2 rings (SSSR count). The van der Waals surface area contributed by atoms with Crippen molar-refractivity contribution in [3.8, 4) is 0 Å². The van der Waals surface area contributed by atoms with E-state index in [0.717, 1.165) is 0 Å². The van der Waals surface area contributed by atoms with E-state index in [9.17, 15) is 20.1 Å². The monoisotopic (exact) mass is 203 g/mol. The molecule has 0 radical (unpaired) electrons. The van der Waals surface area contributed by atoms with Crippen LogP contribution in [-0.2, 0) is 4.79 Å². The number of hydrogen-bond donors (Lipinski definition) is 5. The van der Waals surface area contributed by atoms with Crippen molar-refractivity contribution in [3.63, 3.8) is 0 Å². The summed E-state index contributed by atoms with van der Waals surface area (Å²) in [6.45, 7) is 0.317. The molecule has 0 aromatic rings. The molecule has 0 aliphatic carbocycles. The van der Waals surface area contributed by atoms with Gasteiger partial charge in [-0.1, -0.05) is 0 Å². The Hall–Kier alpha value is -0.730. The Morgan fingerprint density at radius 1 is 1.36 bits per heavy atom. The third-order valence-electron chi connectivity index (χ3n) is 2.77. The fraction of sp³-hybridized carbons (Fsp3) is 0.857. The smallest absolute Gasteiger partial charge is 0.256 e. The number of amides is 1. The van der Waals surface area contributed by atoms with Gasteiger partial charge in [0.15, 0.2) is 6.10 Å². The average Bonchev–Trinajstić information content (AvgIpc) is 2.54. The van der Waals surface area contributed by atoms with Crippen LogP contribution in [0.4, 0.5) is 0 Å². The Morgan fingerprint density at radius 2 is 2.00 bits per heavy atom. The van der Waals surface area contributed by atoms with Crippen molar-refractivity contribution in [1.82, 2.24) is 10.2 Å². The van der Waals surface area contributed by atoms with Crippen LogP contribution in [0, 0.1) is 0 Å². The van der Waals surface area contributed by atoms with Gasteiger partial charge in [-0.25, -0.2) is 0 Å². The zero-order valence-electron chi connectivity index (χ0n) is 7.37. The summed E-state index contributed by atoms with van der Waals surface area (Å²) in [5.74, 6) is -0.648. The van der Waals surface area contributed by atoms with Gasteiger partial charge in [-0.3, -0.25) is 15.8 Å². The first-order chi connectivity index (χ1) is 6.54. The van der Waals surface area contributed by atoms with Gasteiger partial charge < -0.3 is 20.2 Å². The fourth-order valence-electron chi connectivity index (χ4n) is 1.94. The second-order valence-corrected chi connectivity index (χ2v) is 3.59. The highest BCUT2D eigenvalue weighted by atomic mass is 16.4. The molecule has 0 spiro atoms. The van der Waals surface area contributed by atoms with E-state index < -0.39 is 36.6 Å². The van der Waals surface area contributed by atoms with Crippen molar-refractivity contribution >= 4 is 5.91 Å². The summed E-state index contributed by atoms with van der Waals surface area (Å²) in [6, 6.07) is -0.559. The molecule has 5 atom stereocenters. The molecular weight excluding hydrogens is 190 g/mol. The third-order valence-corrected chi connectivity index (χ3v) is 2.77. The Kier molecular flexibility index (Phi) is 2.20. The first-order valence-corrected chi connectivity index (χ1v) is 4.39. The SMILES string of the molecule is NC1NC[C@@H]2[C@@H](O)[C@H](O)[C@@H](O)C(=O)N12. The Labute approximate surface area is 80.1 Å². The van der Waals surface area contributed by atoms with Crippen molar-refractivity contribution in [2.75, 3.05) is 6.54 Å². The van der Waals surface area contributed by atoms with Gasteiger partial charge in [0, 0.05) is 6.54 Å². The third kappa shape index (κ3) is 1.14. The second kappa shape index (κ2) is 3.14. The lowest BCUT2D eigenvalue weighted by atomic mass is 9.94. The highest BCUT2D eigenvalue weighted by Gasteiger charge is 2.51. The predicted octanol–water partition coefficient (Wildman–Crippen LogP) is -3.87. The fourth-order valence-corrected chi connectivity index (χ4v) is 1.94. The Balaban J connectivity index is 2.27. The lowest BCUT2D eigenvalue weighted by molar-refractivity contribution is -0.173. The van der Waals surface area contributed by atoms with Crippen molar-refractivity contribution in [3.05, 3.63) is 0 Å². The summed E-state index contributed by atoms with van der Waals surface area (Å²) in [5.41, 5.74) is 5.54. The standard InChI is InChI=1S/C7H13N3O4/c8-7-9-1-2-3(11)4(12)5(13)6(14)10(2)7/h2-5,7,9,11-13H,1,8H2/t2-,3-,4+,5-,7?/m1/s1. The number of rotatable bonds is 0. The molecule has 2 saturated heterocycles. The molecule has 80 valence electrons. The zero-order valence-corrected chi connectivity index (χ0v) is 7.37. The maximum atomic E-state index is 11.5. The minimum Gasteiger partial charge on any atom is -0.388 e. The molecule has 1 unspecified atom stereocenters. The van der Waals surface area contributed by atoms with Crippen LogP contribution < -0.4 is 11.1 Å². The number of nitrogens with zero attached hydrogens (tertiary/aromatic N) is 1. The molecule has 1 amide bonds. The van der Waals surface area contributed by atoms with Crippen LogP contribution in [0.3, 0.4) is 0 Å². The van der Waals surface area contributed by atoms with E-state index in [1.54, 1.807) is 0 Å². The van der Waals surface area contributed by atoms with Crippen LogP contribution in [0.5, 0.6) is 0 Å². The highest BCUT2D eigenvalue weighted by Crippen LogP contribution is 2.23. The first kappa shape index (κ1) is 9.81. The maximum absolute atomic E-state index is 11.5. The van der Waals surface area contributed by atoms with Crippen molar-refractivity contribution in [2.24, 2.45) is 5.73 Å². The van der Waals surface area contributed by atoms with Crippen LogP contribution in [0.1, 0.15) is 0 Å². The van der Waals surface area contributed by atoms with E-state index in [4.69, 9.17) is 5.73 Å². The first-order valence-electron chi connectivity index (χ1n) is 4.39. The van der Waals surface area contributed by atoms with Gasteiger partial charge in [0.25, 0.3) is 5.91 Å². The molecule has 14 heavy (non-hydrogen) atoms. The quantitative estimate of drug-likeness (QED) is 0.275. The number of carbonyl (C=O) groups excluding carboxylic acids is 1. The number of carbonyl (C=O) groups is 1. The molecule has 2 aliphatic rings. The molecule has 2 fully saturated rings. The van der Waals surface area contributed by atoms with Gasteiger partial charge >= 0.3 is 0 Å². The molecule has 0 bridgehead atoms. The summed E-state index contributed by atoms with van der Waals surface area (Å²) in [4.78, 5) is 12.6. The second-order valence-electron chi connectivity index (χ2n) is 3.59. The number of aliphatic hydroxyl groups excluding tert-OH is 3. The number of aliphatic hydroxyl groups is 3.